The minimum absolute atomic E-state index is 0.0741. The van der Waals surface area contributed by atoms with Gasteiger partial charge in [-0.15, -0.1) is 0 Å². The van der Waals surface area contributed by atoms with Crippen molar-refractivity contribution < 1.29 is 18.3 Å². The summed E-state index contributed by atoms with van der Waals surface area (Å²) in [5.74, 6) is 0.0741. The van der Waals surface area contributed by atoms with Gasteiger partial charge in [-0.2, -0.15) is 18.2 Å². The standard InChI is InChI=1S/C14H16ClF3N4O/c1-2-3-5-9(11(23)14(16,17)18)20-12-10-8(6-4-7-19-10)21-13(15)22-12/h4,6-7,9,11,23H,2-3,5H2,1H3,(H,20,21,22)/t9-,11-/m1/s1. The molecule has 0 amide bonds. The van der Waals surface area contributed by atoms with Crippen LogP contribution in [-0.2, 0) is 0 Å². The number of hydrogen-bond donors (Lipinski definition) is 2. The maximum atomic E-state index is 12.9. The molecule has 126 valence electrons. The second-order valence-electron chi connectivity index (χ2n) is 5.09. The van der Waals surface area contributed by atoms with Crippen molar-refractivity contribution in [2.75, 3.05) is 5.32 Å². The highest BCUT2D eigenvalue weighted by Crippen LogP contribution is 2.28. The molecule has 2 rings (SSSR count). The summed E-state index contributed by atoms with van der Waals surface area (Å²) in [5, 5.41) is 12.1. The fourth-order valence-electron chi connectivity index (χ4n) is 2.18. The quantitative estimate of drug-likeness (QED) is 0.781. The Labute approximate surface area is 135 Å². The minimum atomic E-state index is -4.73. The van der Waals surface area contributed by atoms with E-state index in [0.29, 0.717) is 23.9 Å². The maximum Gasteiger partial charge on any atom is 0.416 e. The monoisotopic (exact) mass is 348 g/mol. The van der Waals surface area contributed by atoms with Crippen molar-refractivity contribution in [3.63, 3.8) is 0 Å². The van der Waals surface area contributed by atoms with Crippen LogP contribution < -0.4 is 5.32 Å². The van der Waals surface area contributed by atoms with E-state index in [1.807, 2.05) is 6.92 Å². The summed E-state index contributed by atoms with van der Waals surface area (Å²) in [4.78, 5) is 12.0. The van der Waals surface area contributed by atoms with Gasteiger partial charge in [0.15, 0.2) is 11.9 Å². The van der Waals surface area contributed by atoms with Gasteiger partial charge >= 0.3 is 6.18 Å². The van der Waals surface area contributed by atoms with Gasteiger partial charge in [0.05, 0.1) is 11.6 Å². The molecule has 0 radical (unpaired) electrons. The summed E-state index contributed by atoms with van der Waals surface area (Å²) in [7, 11) is 0. The smallest absolute Gasteiger partial charge is 0.382 e. The Bertz CT molecular complexity index is 668. The molecule has 0 saturated heterocycles. The molecule has 0 saturated carbocycles. The summed E-state index contributed by atoms with van der Waals surface area (Å²) in [6.07, 6.45) is -4.41. The van der Waals surface area contributed by atoms with E-state index < -0.39 is 18.3 Å². The average molecular weight is 349 g/mol. The molecule has 0 bridgehead atoms. The molecular weight excluding hydrogens is 333 g/mol. The third-order valence-corrected chi connectivity index (χ3v) is 3.50. The molecule has 5 nitrogen and oxygen atoms in total. The topological polar surface area (TPSA) is 70.9 Å². The number of anilines is 1. The van der Waals surface area contributed by atoms with E-state index in [1.165, 1.54) is 6.20 Å². The second kappa shape index (κ2) is 7.27. The summed E-state index contributed by atoms with van der Waals surface area (Å²) >= 11 is 5.81. The number of unbranched alkanes of at least 4 members (excludes halogenated alkanes) is 1. The van der Waals surface area contributed by atoms with Crippen LogP contribution >= 0.6 is 11.6 Å². The van der Waals surface area contributed by atoms with Gasteiger partial charge in [0.1, 0.15) is 5.52 Å². The molecule has 2 aromatic heterocycles. The lowest BCUT2D eigenvalue weighted by Gasteiger charge is -2.26. The number of fused-ring (bicyclic) bond motifs is 1. The normalized spacial score (nSPS) is 14.7. The van der Waals surface area contributed by atoms with Gasteiger partial charge in [-0.25, -0.2) is 4.98 Å². The first-order valence-corrected chi connectivity index (χ1v) is 7.50. The minimum Gasteiger partial charge on any atom is -0.382 e. The van der Waals surface area contributed by atoms with E-state index >= 15 is 0 Å². The van der Waals surface area contributed by atoms with Crippen LogP contribution in [0, 0.1) is 0 Å². The molecule has 0 aliphatic heterocycles. The van der Waals surface area contributed by atoms with Crippen LogP contribution in [0.4, 0.5) is 19.0 Å². The molecule has 2 N–H and O–H groups in total. The van der Waals surface area contributed by atoms with Crippen molar-refractivity contribution in [3.05, 3.63) is 23.6 Å². The van der Waals surface area contributed by atoms with Gasteiger partial charge in [0, 0.05) is 6.20 Å². The van der Waals surface area contributed by atoms with Crippen molar-refractivity contribution >= 4 is 28.5 Å². The Morgan fingerprint density at radius 2 is 2.09 bits per heavy atom. The molecule has 2 heterocycles. The number of alkyl halides is 3. The van der Waals surface area contributed by atoms with Gasteiger partial charge in [-0.3, -0.25) is 4.98 Å². The molecule has 0 fully saturated rings. The van der Waals surface area contributed by atoms with Crippen LogP contribution in [-0.4, -0.2) is 38.4 Å². The molecule has 0 aliphatic carbocycles. The number of rotatable bonds is 6. The lowest BCUT2D eigenvalue weighted by atomic mass is 10.0. The molecule has 23 heavy (non-hydrogen) atoms. The molecule has 0 aromatic carbocycles. The fourth-order valence-corrected chi connectivity index (χ4v) is 2.35. The second-order valence-corrected chi connectivity index (χ2v) is 5.43. The average Bonchev–Trinajstić information content (AvgIpc) is 2.49. The van der Waals surface area contributed by atoms with Gasteiger partial charge in [-0.05, 0) is 30.2 Å². The summed E-state index contributed by atoms with van der Waals surface area (Å²) < 4.78 is 38.6. The number of aliphatic hydroxyl groups excluding tert-OH is 1. The van der Waals surface area contributed by atoms with Crippen LogP contribution in [0.3, 0.4) is 0 Å². The Morgan fingerprint density at radius 3 is 2.74 bits per heavy atom. The Balaban J connectivity index is 2.35. The molecule has 9 heteroatoms. The fraction of sp³-hybridized carbons (Fsp3) is 0.500. The van der Waals surface area contributed by atoms with E-state index in [1.54, 1.807) is 12.1 Å². The third-order valence-electron chi connectivity index (χ3n) is 3.33. The molecule has 2 atom stereocenters. The molecule has 0 unspecified atom stereocenters. The van der Waals surface area contributed by atoms with E-state index in [-0.39, 0.29) is 17.5 Å². The number of halogens is 4. The van der Waals surface area contributed by atoms with E-state index in [0.717, 1.165) is 0 Å². The SMILES string of the molecule is CCCC[C@@H](Nc1nc(Cl)nc2cccnc12)[C@@H](O)C(F)(F)F. The van der Waals surface area contributed by atoms with Gasteiger partial charge in [0.2, 0.25) is 5.28 Å². The highest BCUT2D eigenvalue weighted by atomic mass is 35.5. The van der Waals surface area contributed by atoms with Crippen molar-refractivity contribution in [3.8, 4) is 0 Å². The third kappa shape index (κ3) is 4.42. The van der Waals surface area contributed by atoms with Crippen molar-refractivity contribution in [1.82, 2.24) is 15.0 Å². The lowest BCUT2D eigenvalue weighted by Crippen LogP contribution is -2.44. The van der Waals surface area contributed by atoms with Gasteiger partial charge < -0.3 is 10.4 Å². The number of pyridine rings is 1. The Kier molecular flexibility index (Phi) is 5.59. The molecular formula is C14H16ClF3N4O. The predicted molar refractivity (Wildman–Crippen MR) is 81.3 cm³/mol. The number of nitrogens with zero attached hydrogens (tertiary/aromatic N) is 3. The number of nitrogens with one attached hydrogen (secondary N) is 1. The summed E-state index contributed by atoms with van der Waals surface area (Å²) in [6, 6.07) is 2.02. The van der Waals surface area contributed by atoms with Crippen molar-refractivity contribution in [1.29, 1.82) is 0 Å². The zero-order chi connectivity index (χ0) is 17.0. The first kappa shape index (κ1) is 17.7. The maximum absolute atomic E-state index is 12.9. The van der Waals surface area contributed by atoms with Crippen molar-refractivity contribution in [2.45, 2.75) is 44.5 Å². The highest BCUT2D eigenvalue weighted by molar-refractivity contribution is 6.28. The van der Waals surface area contributed by atoms with E-state index in [2.05, 4.69) is 20.3 Å². The van der Waals surface area contributed by atoms with Gasteiger partial charge in [0.25, 0.3) is 0 Å². The summed E-state index contributed by atoms with van der Waals surface area (Å²) in [6.45, 7) is 1.86. The molecule has 0 spiro atoms. The lowest BCUT2D eigenvalue weighted by molar-refractivity contribution is -0.208. The Hall–Kier alpha value is -1.67. The first-order valence-electron chi connectivity index (χ1n) is 7.12. The predicted octanol–water partition coefficient (Wildman–Crippen LogP) is 3.57. The zero-order valence-corrected chi connectivity index (χ0v) is 13.1. The van der Waals surface area contributed by atoms with Crippen LogP contribution in [0.25, 0.3) is 11.0 Å². The highest BCUT2D eigenvalue weighted by Gasteiger charge is 2.43. The number of aliphatic hydroxyl groups is 1. The van der Waals surface area contributed by atoms with Crippen molar-refractivity contribution in [2.24, 2.45) is 0 Å². The van der Waals surface area contributed by atoms with Crippen LogP contribution in [0.5, 0.6) is 0 Å². The van der Waals surface area contributed by atoms with Crippen LogP contribution in [0.15, 0.2) is 18.3 Å². The van der Waals surface area contributed by atoms with Gasteiger partial charge in [-0.1, -0.05) is 19.8 Å². The largest absolute Gasteiger partial charge is 0.416 e. The van der Waals surface area contributed by atoms with E-state index in [4.69, 9.17) is 11.6 Å². The van der Waals surface area contributed by atoms with Crippen LogP contribution in [0.1, 0.15) is 26.2 Å². The van der Waals surface area contributed by atoms with Crippen LogP contribution in [0.2, 0.25) is 5.28 Å². The number of hydrogen-bond acceptors (Lipinski definition) is 5. The van der Waals surface area contributed by atoms with E-state index in [9.17, 15) is 18.3 Å². The zero-order valence-electron chi connectivity index (χ0n) is 12.3. The Morgan fingerprint density at radius 1 is 1.35 bits per heavy atom. The number of aromatic nitrogens is 3. The molecule has 2 aromatic rings. The molecule has 0 aliphatic rings. The first-order chi connectivity index (χ1) is 10.8. The summed E-state index contributed by atoms with van der Waals surface area (Å²) in [5.41, 5.74) is 0.707.